The number of hydrogen-bond acceptors (Lipinski definition) is 6. The van der Waals surface area contributed by atoms with Crippen molar-refractivity contribution in [3.8, 4) is 0 Å². The van der Waals surface area contributed by atoms with E-state index in [-0.39, 0.29) is 31.4 Å². The van der Waals surface area contributed by atoms with Crippen molar-refractivity contribution in [1.29, 1.82) is 0 Å². The van der Waals surface area contributed by atoms with Gasteiger partial charge < -0.3 is 14.6 Å². The first-order valence-electron chi connectivity index (χ1n) is 18.5. The van der Waals surface area contributed by atoms with Gasteiger partial charge in [-0.3, -0.25) is 14.4 Å². The molecule has 0 radical (unpaired) electrons. The molecule has 0 amide bonds. The largest absolute Gasteiger partial charge is 0.462 e. The second kappa shape index (κ2) is 33.9. The van der Waals surface area contributed by atoms with Crippen molar-refractivity contribution >= 4 is 17.7 Å². The monoisotopic (exact) mass is 645 g/mol. The van der Waals surface area contributed by atoms with Crippen LogP contribution in [0.15, 0.2) is 48.6 Å². The van der Waals surface area contributed by atoms with Gasteiger partial charge in [0.2, 0.25) is 0 Å². The zero-order chi connectivity index (χ0) is 33.9. The van der Waals surface area contributed by atoms with Crippen LogP contribution in [0.1, 0.15) is 162 Å². The predicted octanol–water partition coefficient (Wildman–Crippen LogP) is 10.5. The number of aliphatic hydroxyl groups excluding tert-OH is 1. The van der Waals surface area contributed by atoms with E-state index >= 15 is 0 Å². The fraction of sp³-hybridized carbons (Fsp3) is 0.725. The molecule has 0 heterocycles. The normalized spacial score (nSPS) is 12.7. The van der Waals surface area contributed by atoms with E-state index in [1.54, 1.807) is 6.08 Å². The third kappa shape index (κ3) is 32.9. The van der Waals surface area contributed by atoms with Gasteiger partial charge in [0.15, 0.2) is 11.9 Å². The molecular weight excluding hydrogens is 576 g/mol. The molecule has 1 N–H and O–H groups in total. The minimum Gasteiger partial charge on any atom is -0.462 e. The van der Waals surface area contributed by atoms with Crippen LogP contribution in [-0.4, -0.2) is 42.1 Å². The van der Waals surface area contributed by atoms with Crippen molar-refractivity contribution in [3.05, 3.63) is 48.6 Å². The summed E-state index contributed by atoms with van der Waals surface area (Å²) in [5, 5.41) is 9.52. The van der Waals surface area contributed by atoms with E-state index in [1.807, 2.05) is 24.3 Å². The number of hydrogen-bond donors (Lipinski definition) is 1. The summed E-state index contributed by atoms with van der Waals surface area (Å²) in [6, 6.07) is 0. The Hall–Kier alpha value is -2.47. The zero-order valence-corrected chi connectivity index (χ0v) is 29.7. The number of rotatable bonds is 32. The first kappa shape index (κ1) is 43.5. The Kier molecular flexibility index (Phi) is 32.1. The first-order valence-corrected chi connectivity index (χ1v) is 18.5. The van der Waals surface area contributed by atoms with Gasteiger partial charge in [-0.15, -0.1) is 0 Å². The Balaban J connectivity index is 3.74. The summed E-state index contributed by atoms with van der Waals surface area (Å²) in [7, 11) is 0. The molecule has 0 aromatic heterocycles. The highest BCUT2D eigenvalue weighted by Gasteiger charge is 2.16. The summed E-state index contributed by atoms with van der Waals surface area (Å²) in [6.45, 7) is 6.25. The highest BCUT2D eigenvalue weighted by atomic mass is 16.6. The lowest BCUT2D eigenvalue weighted by Crippen LogP contribution is -2.28. The lowest BCUT2D eigenvalue weighted by Gasteiger charge is -2.15. The number of carbonyl (C=O) groups excluding carboxylic acids is 3. The maximum atomic E-state index is 12.1. The second-order valence-corrected chi connectivity index (χ2v) is 12.8. The standard InChI is InChI=1S/C40H68O6/c1-4-5-24-30-37(42)31-26-21-17-13-9-7-11-15-19-23-28-33-40(44)46-38(34-41)35-45-39(43)32-27-22-18-14-10-6-8-12-16-20-25-29-36(2)3/h7,9,15,17,19,21,26,31,36,38,41H,4-6,8,10-14,16,18,20,22-25,27-30,32-35H2,1-3H3/b9-7-,19-15-,21-17-,31-26+/t38-/m0/s1. The number of aliphatic hydroxyl groups is 1. The molecule has 0 rings (SSSR count). The smallest absolute Gasteiger partial charge is 0.306 e. The molecule has 0 aliphatic carbocycles. The van der Waals surface area contributed by atoms with Gasteiger partial charge in [-0.25, -0.2) is 0 Å². The first-order chi connectivity index (χ1) is 22.4. The fourth-order valence-corrected chi connectivity index (χ4v) is 4.92. The van der Waals surface area contributed by atoms with Gasteiger partial charge in [0.05, 0.1) is 6.61 Å². The molecule has 0 spiro atoms. The van der Waals surface area contributed by atoms with Crippen LogP contribution in [0.2, 0.25) is 0 Å². The quantitative estimate of drug-likeness (QED) is 0.0258. The Morgan fingerprint density at radius 2 is 1.20 bits per heavy atom. The van der Waals surface area contributed by atoms with Gasteiger partial charge in [0.1, 0.15) is 6.61 Å². The molecule has 0 aliphatic heterocycles. The predicted molar refractivity (Wildman–Crippen MR) is 192 cm³/mol. The lowest BCUT2D eigenvalue weighted by atomic mass is 10.0. The van der Waals surface area contributed by atoms with Crippen LogP contribution in [0.25, 0.3) is 0 Å². The molecular formula is C40H68O6. The van der Waals surface area contributed by atoms with E-state index in [0.29, 0.717) is 19.3 Å². The van der Waals surface area contributed by atoms with E-state index in [1.165, 1.54) is 57.8 Å². The molecule has 6 nitrogen and oxygen atoms in total. The molecule has 0 aromatic rings. The van der Waals surface area contributed by atoms with E-state index < -0.39 is 12.1 Å². The van der Waals surface area contributed by atoms with Crippen LogP contribution in [0.5, 0.6) is 0 Å². The molecule has 0 unspecified atom stereocenters. The second-order valence-electron chi connectivity index (χ2n) is 12.8. The molecule has 0 fully saturated rings. The number of carbonyl (C=O) groups is 3. The van der Waals surface area contributed by atoms with Crippen LogP contribution < -0.4 is 0 Å². The summed E-state index contributed by atoms with van der Waals surface area (Å²) in [5.41, 5.74) is 0. The van der Waals surface area contributed by atoms with Gasteiger partial charge in [-0.1, -0.05) is 147 Å². The highest BCUT2D eigenvalue weighted by molar-refractivity contribution is 5.89. The van der Waals surface area contributed by atoms with E-state index in [0.717, 1.165) is 63.7 Å². The zero-order valence-electron chi connectivity index (χ0n) is 29.7. The van der Waals surface area contributed by atoms with Gasteiger partial charge in [-0.2, -0.15) is 0 Å². The van der Waals surface area contributed by atoms with E-state index in [4.69, 9.17) is 9.47 Å². The summed E-state index contributed by atoms with van der Waals surface area (Å²) in [6.07, 6.45) is 37.2. The van der Waals surface area contributed by atoms with Crippen molar-refractivity contribution in [2.45, 2.75) is 168 Å². The number of ketones is 1. The summed E-state index contributed by atoms with van der Waals surface area (Å²) < 4.78 is 10.5. The summed E-state index contributed by atoms with van der Waals surface area (Å²) in [4.78, 5) is 35.8. The van der Waals surface area contributed by atoms with E-state index in [9.17, 15) is 19.5 Å². The molecule has 0 bridgehead atoms. The highest BCUT2D eigenvalue weighted by Crippen LogP contribution is 2.14. The minimum absolute atomic E-state index is 0.104. The van der Waals surface area contributed by atoms with Crippen LogP contribution in [-0.2, 0) is 23.9 Å². The molecule has 1 atom stereocenters. The Bertz CT molecular complexity index is 854. The maximum absolute atomic E-state index is 12.1. The number of allylic oxidation sites excluding steroid dienone is 8. The third-order valence-electron chi connectivity index (χ3n) is 7.78. The average molecular weight is 645 g/mol. The molecule has 0 aromatic carbocycles. The number of unbranched alkanes of at least 4 members (excludes halogenated alkanes) is 13. The SMILES string of the molecule is CCCCCC(=O)/C=C/C=C\C/C=C\C/C=C\CCCC(=O)O[C@@H](CO)COC(=O)CCCCCCCCCCCCCC(C)C. The van der Waals surface area contributed by atoms with Gasteiger partial charge in [-0.05, 0) is 50.5 Å². The number of ether oxygens (including phenoxy) is 2. The maximum Gasteiger partial charge on any atom is 0.306 e. The van der Waals surface area contributed by atoms with Crippen LogP contribution in [0.4, 0.5) is 0 Å². The van der Waals surface area contributed by atoms with Gasteiger partial charge in [0.25, 0.3) is 0 Å². The molecule has 0 aliphatic rings. The lowest BCUT2D eigenvalue weighted by molar-refractivity contribution is -0.161. The molecule has 0 saturated carbocycles. The van der Waals surface area contributed by atoms with Crippen molar-refractivity contribution < 1.29 is 29.0 Å². The summed E-state index contributed by atoms with van der Waals surface area (Å²) in [5.74, 6) is 0.319. The molecule has 0 saturated heterocycles. The van der Waals surface area contributed by atoms with Crippen molar-refractivity contribution in [1.82, 2.24) is 0 Å². The van der Waals surface area contributed by atoms with Crippen LogP contribution in [0, 0.1) is 5.92 Å². The van der Waals surface area contributed by atoms with Crippen molar-refractivity contribution in [2.24, 2.45) is 5.92 Å². The van der Waals surface area contributed by atoms with Crippen LogP contribution >= 0.6 is 0 Å². The Morgan fingerprint density at radius 3 is 1.83 bits per heavy atom. The fourth-order valence-electron chi connectivity index (χ4n) is 4.92. The van der Waals surface area contributed by atoms with Crippen LogP contribution in [0.3, 0.4) is 0 Å². The minimum atomic E-state index is -0.817. The third-order valence-corrected chi connectivity index (χ3v) is 7.78. The summed E-state index contributed by atoms with van der Waals surface area (Å²) >= 11 is 0. The molecule has 46 heavy (non-hydrogen) atoms. The van der Waals surface area contributed by atoms with Gasteiger partial charge >= 0.3 is 11.9 Å². The van der Waals surface area contributed by atoms with Crippen molar-refractivity contribution in [2.75, 3.05) is 13.2 Å². The Morgan fingerprint density at radius 1 is 0.630 bits per heavy atom. The van der Waals surface area contributed by atoms with Crippen molar-refractivity contribution in [3.63, 3.8) is 0 Å². The topological polar surface area (TPSA) is 89.9 Å². The molecule has 264 valence electrons. The molecule has 6 heteroatoms. The number of esters is 2. The average Bonchev–Trinajstić information content (AvgIpc) is 3.03. The van der Waals surface area contributed by atoms with E-state index in [2.05, 4.69) is 39.0 Å². The van der Waals surface area contributed by atoms with Gasteiger partial charge in [0, 0.05) is 19.3 Å². The Labute approximate surface area is 282 Å².